The van der Waals surface area contributed by atoms with E-state index in [0.717, 1.165) is 64.2 Å². The van der Waals surface area contributed by atoms with E-state index in [1.54, 1.807) is 0 Å². The number of hydrogen-bond donors (Lipinski definition) is 1. The number of unbranched alkanes of at least 4 members (excludes halogenated alkanes) is 6. The van der Waals surface area contributed by atoms with Gasteiger partial charge in [-0.1, -0.05) is 119 Å². The van der Waals surface area contributed by atoms with E-state index in [9.17, 15) is 9.59 Å². The average molecular weight is 555 g/mol. The van der Waals surface area contributed by atoms with Crippen LogP contribution in [-0.4, -0.2) is 23.1 Å². The molecule has 4 nitrogen and oxygen atoms in total. The molecule has 0 aromatic rings. The van der Waals surface area contributed by atoms with Crippen molar-refractivity contribution in [3.63, 3.8) is 0 Å². The lowest BCUT2D eigenvalue weighted by molar-refractivity contribution is -0.150. The van der Waals surface area contributed by atoms with Crippen molar-refractivity contribution in [2.24, 2.45) is 0 Å². The Bertz CT molecular complexity index is 770. The minimum Gasteiger partial charge on any atom is -0.481 e. The molecule has 0 aromatic carbocycles. The topological polar surface area (TPSA) is 63.6 Å². The maximum Gasteiger partial charge on any atom is 0.306 e. The first-order valence-electron chi connectivity index (χ1n) is 15.9. The highest BCUT2D eigenvalue weighted by Gasteiger charge is 2.14. The number of carboxylic acid groups (broad SMARTS) is 1. The second-order valence-corrected chi connectivity index (χ2v) is 10.3. The van der Waals surface area contributed by atoms with Gasteiger partial charge in [-0.3, -0.25) is 9.59 Å². The normalized spacial score (nSPS) is 13.2. The zero-order valence-electron chi connectivity index (χ0n) is 25.6. The van der Waals surface area contributed by atoms with E-state index in [0.29, 0.717) is 19.3 Å². The summed E-state index contributed by atoms with van der Waals surface area (Å²) < 4.78 is 5.77. The number of carboxylic acids is 1. The highest BCUT2D eigenvalue weighted by molar-refractivity contribution is 5.69. The minimum absolute atomic E-state index is 0.0854. The lowest BCUT2D eigenvalue weighted by atomic mass is 10.0. The Morgan fingerprint density at radius 1 is 0.575 bits per heavy atom. The molecule has 0 spiro atoms. The van der Waals surface area contributed by atoms with Gasteiger partial charge in [0.25, 0.3) is 0 Å². The molecular formula is C36H58O4. The summed E-state index contributed by atoms with van der Waals surface area (Å²) in [6, 6.07) is 0. The largest absolute Gasteiger partial charge is 0.481 e. The van der Waals surface area contributed by atoms with Crippen LogP contribution in [0.25, 0.3) is 0 Å². The zero-order chi connectivity index (χ0) is 29.4. The Hall–Kier alpha value is -2.62. The number of carbonyl (C=O) groups is 2. The molecule has 0 aromatic heterocycles. The Balaban J connectivity index is 4.04. The van der Waals surface area contributed by atoms with Crippen molar-refractivity contribution in [1.82, 2.24) is 0 Å². The summed E-state index contributed by atoms with van der Waals surface area (Å²) in [5, 5.41) is 8.85. The molecule has 0 saturated carbocycles. The molecular weight excluding hydrogens is 496 g/mol. The van der Waals surface area contributed by atoms with Crippen LogP contribution in [0.1, 0.15) is 136 Å². The fraction of sp³-hybridized carbons (Fsp3) is 0.611. The van der Waals surface area contributed by atoms with Crippen LogP contribution in [0.15, 0.2) is 72.9 Å². The molecule has 226 valence electrons. The molecule has 0 aliphatic carbocycles. The van der Waals surface area contributed by atoms with Crippen molar-refractivity contribution in [2.45, 2.75) is 142 Å². The summed E-state index contributed by atoms with van der Waals surface area (Å²) in [6.45, 7) is 4.37. The molecule has 0 amide bonds. The van der Waals surface area contributed by atoms with Gasteiger partial charge in [-0.15, -0.1) is 0 Å². The fourth-order valence-corrected chi connectivity index (χ4v) is 4.15. The highest BCUT2D eigenvalue weighted by Crippen LogP contribution is 2.17. The third kappa shape index (κ3) is 29.9. The standard InChI is InChI=1S/C36H58O4/c1-3-5-7-9-11-12-13-14-15-16-17-18-19-20-21-22-23-25-27-33-36(39)40-34(31-28-29-32-35(37)38)30-26-24-10-8-6-4-2/h5,7,11-12,14-15,17-18,20-21,23,25,34H,3-4,6,8-10,13,16,19,22,24,26-33H2,1-2H3,(H,37,38)/b7-5-,12-11-,15-14-,18-17-,21-20-,25-23-. The van der Waals surface area contributed by atoms with Crippen molar-refractivity contribution in [2.75, 3.05) is 0 Å². The van der Waals surface area contributed by atoms with Gasteiger partial charge < -0.3 is 9.84 Å². The van der Waals surface area contributed by atoms with Gasteiger partial charge in [-0.05, 0) is 77.0 Å². The number of esters is 1. The summed E-state index contributed by atoms with van der Waals surface area (Å²) >= 11 is 0. The van der Waals surface area contributed by atoms with Gasteiger partial charge in [0.15, 0.2) is 0 Å². The first-order chi connectivity index (χ1) is 19.6. The summed E-state index contributed by atoms with van der Waals surface area (Å²) in [4.78, 5) is 23.1. The van der Waals surface area contributed by atoms with Crippen LogP contribution in [0, 0.1) is 0 Å². The molecule has 4 heteroatoms. The number of aliphatic carboxylic acids is 1. The van der Waals surface area contributed by atoms with Crippen LogP contribution in [-0.2, 0) is 14.3 Å². The van der Waals surface area contributed by atoms with E-state index in [1.807, 2.05) is 0 Å². The van der Waals surface area contributed by atoms with Crippen molar-refractivity contribution < 1.29 is 19.4 Å². The minimum atomic E-state index is -0.763. The number of ether oxygens (including phenoxy) is 1. The maximum absolute atomic E-state index is 12.4. The molecule has 1 N–H and O–H groups in total. The summed E-state index contributed by atoms with van der Waals surface area (Å²) in [7, 11) is 0. The van der Waals surface area contributed by atoms with Crippen molar-refractivity contribution in [3.8, 4) is 0 Å². The third-order valence-electron chi connectivity index (χ3n) is 6.46. The molecule has 1 unspecified atom stereocenters. The predicted molar refractivity (Wildman–Crippen MR) is 171 cm³/mol. The predicted octanol–water partition coefficient (Wildman–Crippen LogP) is 10.8. The first-order valence-corrected chi connectivity index (χ1v) is 15.9. The fourth-order valence-electron chi connectivity index (χ4n) is 4.15. The molecule has 0 bridgehead atoms. The smallest absolute Gasteiger partial charge is 0.306 e. The van der Waals surface area contributed by atoms with Gasteiger partial charge in [0.2, 0.25) is 0 Å². The Morgan fingerprint density at radius 3 is 1.52 bits per heavy atom. The van der Waals surface area contributed by atoms with E-state index in [-0.39, 0.29) is 18.5 Å². The Kier molecular flexibility index (Phi) is 28.9. The second kappa shape index (κ2) is 30.9. The summed E-state index contributed by atoms with van der Waals surface area (Å²) in [5.74, 6) is -0.908. The van der Waals surface area contributed by atoms with E-state index >= 15 is 0 Å². The van der Waals surface area contributed by atoms with Gasteiger partial charge in [0, 0.05) is 12.8 Å². The molecule has 40 heavy (non-hydrogen) atoms. The molecule has 0 aliphatic rings. The van der Waals surface area contributed by atoms with E-state index in [1.165, 1.54) is 32.1 Å². The van der Waals surface area contributed by atoms with Gasteiger partial charge >= 0.3 is 11.9 Å². The number of carbonyl (C=O) groups excluding carboxylic acids is 1. The van der Waals surface area contributed by atoms with Gasteiger partial charge in [0.05, 0.1) is 0 Å². The molecule has 0 saturated heterocycles. The molecule has 0 aliphatic heterocycles. The third-order valence-corrected chi connectivity index (χ3v) is 6.46. The van der Waals surface area contributed by atoms with Gasteiger partial charge in [-0.25, -0.2) is 0 Å². The molecule has 0 rings (SSSR count). The first kappa shape index (κ1) is 37.4. The monoisotopic (exact) mass is 554 g/mol. The van der Waals surface area contributed by atoms with E-state index < -0.39 is 5.97 Å². The lowest BCUT2D eigenvalue weighted by Crippen LogP contribution is -2.18. The van der Waals surface area contributed by atoms with Gasteiger partial charge in [0.1, 0.15) is 6.10 Å². The lowest BCUT2D eigenvalue weighted by Gasteiger charge is -2.18. The Labute approximate surface area is 246 Å². The molecule has 0 heterocycles. The van der Waals surface area contributed by atoms with Crippen LogP contribution in [0.3, 0.4) is 0 Å². The quantitative estimate of drug-likeness (QED) is 0.0623. The van der Waals surface area contributed by atoms with Crippen LogP contribution in [0.4, 0.5) is 0 Å². The van der Waals surface area contributed by atoms with E-state index in [4.69, 9.17) is 9.84 Å². The van der Waals surface area contributed by atoms with Crippen molar-refractivity contribution in [3.05, 3.63) is 72.9 Å². The van der Waals surface area contributed by atoms with Crippen LogP contribution >= 0.6 is 0 Å². The number of rotatable bonds is 27. The number of allylic oxidation sites excluding steroid dienone is 12. The summed E-state index contributed by atoms with van der Waals surface area (Å²) in [6.07, 6.45) is 43.5. The van der Waals surface area contributed by atoms with Crippen LogP contribution in [0.5, 0.6) is 0 Å². The van der Waals surface area contributed by atoms with Gasteiger partial charge in [-0.2, -0.15) is 0 Å². The zero-order valence-corrected chi connectivity index (χ0v) is 25.6. The van der Waals surface area contributed by atoms with Crippen LogP contribution < -0.4 is 0 Å². The SMILES string of the molecule is CC/C=C\C/C=C\C/C=C\C/C=C\C/C=C\C/C=C\CCC(=O)OC(CCCCCCCC)CCCCC(=O)O. The summed E-state index contributed by atoms with van der Waals surface area (Å²) in [5.41, 5.74) is 0. The highest BCUT2D eigenvalue weighted by atomic mass is 16.5. The molecule has 1 atom stereocenters. The van der Waals surface area contributed by atoms with Crippen molar-refractivity contribution >= 4 is 11.9 Å². The van der Waals surface area contributed by atoms with Crippen LogP contribution in [0.2, 0.25) is 0 Å². The second-order valence-electron chi connectivity index (χ2n) is 10.3. The number of hydrogen-bond acceptors (Lipinski definition) is 3. The Morgan fingerprint density at radius 2 is 1.02 bits per heavy atom. The molecule has 0 radical (unpaired) electrons. The maximum atomic E-state index is 12.4. The average Bonchev–Trinajstić information content (AvgIpc) is 2.93. The molecule has 0 fully saturated rings. The van der Waals surface area contributed by atoms with E-state index in [2.05, 4.69) is 86.8 Å². The van der Waals surface area contributed by atoms with Crippen molar-refractivity contribution in [1.29, 1.82) is 0 Å².